The number of hydrogen-bond acceptors (Lipinski definition) is 4. The highest BCUT2D eigenvalue weighted by molar-refractivity contribution is 7.89. The highest BCUT2D eigenvalue weighted by atomic mass is 32.2. The van der Waals surface area contributed by atoms with E-state index in [1.54, 1.807) is 25.2 Å². The van der Waals surface area contributed by atoms with Gasteiger partial charge in [0.1, 0.15) is 4.90 Å². The van der Waals surface area contributed by atoms with Crippen LogP contribution in [0.4, 0.5) is 5.69 Å². The highest BCUT2D eigenvalue weighted by Gasteiger charge is 2.17. The first-order chi connectivity index (χ1) is 7.97. The Morgan fingerprint density at radius 3 is 2.59 bits per heavy atom. The third-order valence-electron chi connectivity index (χ3n) is 2.11. The molecule has 4 N–H and O–H groups in total. The monoisotopic (exact) mass is 257 g/mol. The number of benzene rings is 1. The normalized spacial score (nSPS) is 11.1. The smallest absolute Gasteiger partial charge is 0.242 e. The van der Waals surface area contributed by atoms with Crippen LogP contribution in [0.3, 0.4) is 0 Å². The van der Waals surface area contributed by atoms with Gasteiger partial charge in [0.25, 0.3) is 0 Å². The van der Waals surface area contributed by atoms with Gasteiger partial charge in [0.05, 0.1) is 5.69 Å². The van der Waals surface area contributed by atoms with Crippen molar-refractivity contribution in [1.29, 1.82) is 0 Å². The number of primary amides is 1. The first-order valence-corrected chi connectivity index (χ1v) is 6.50. The molecule has 0 bridgehead atoms. The second-order valence-corrected chi connectivity index (χ2v) is 5.10. The lowest BCUT2D eigenvalue weighted by Gasteiger charge is -2.10. The fourth-order valence-electron chi connectivity index (χ4n) is 1.29. The van der Waals surface area contributed by atoms with Gasteiger partial charge >= 0.3 is 0 Å². The summed E-state index contributed by atoms with van der Waals surface area (Å²) in [5.74, 6) is -0.547. The number of para-hydroxylation sites is 1. The van der Waals surface area contributed by atoms with Crippen molar-refractivity contribution in [1.82, 2.24) is 4.72 Å². The number of anilines is 1. The van der Waals surface area contributed by atoms with Crippen LogP contribution >= 0.6 is 0 Å². The maximum Gasteiger partial charge on any atom is 0.242 e. The number of carbonyl (C=O) groups is 1. The van der Waals surface area contributed by atoms with Gasteiger partial charge in [-0.05, 0) is 12.1 Å². The highest BCUT2D eigenvalue weighted by Crippen LogP contribution is 2.19. The molecule has 0 aliphatic heterocycles. The molecular weight excluding hydrogens is 242 g/mol. The van der Waals surface area contributed by atoms with Gasteiger partial charge in [0.15, 0.2) is 0 Å². The van der Waals surface area contributed by atoms with Crippen molar-refractivity contribution in [3.8, 4) is 0 Å². The average Bonchev–Trinajstić information content (AvgIpc) is 2.28. The summed E-state index contributed by atoms with van der Waals surface area (Å²) < 4.78 is 26.1. The van der Waals surface area contributed by atoms with Crippen LogP contribution in [0.5, 0.6) is 0 Å². The second-order valence-electron chi connectivity index (χ2n) is 3.36. The molecule has 1 rings (SSSR count). The summed E-state index contributed by atoms with van der Waals surface area (Å²) in [6.45, 7) is -0.00425. The summed E-state index contributed by atoms with van der Waals surface area (Å²) in [5.41, 5.74) is 5.43. The molecule has 0 atom stereocenters. The van der Waals surface area contributed by atoms with Crippen LogP contribution in [0.1, 0.15) is 6.42 Å². The fourth-order valence-corrected chi connectivity index (χ4v) is 2.54. The number of sulfonamides is 1. The van der Waals surface area contributed by atoms with Crippen LogP contribution in [0.25, 0.3) is 0 Å². The molecule has 0 fully saturated rings. The predicted octanol–water partition coefficient (Wildman–Crippen LogP) is -0.118. The molecule has 1 aromatic carbocycles. The van der Waals surface area contributed by atoms with Gasteiger partial charge in [-0.25, -0.2) is 13.1 Å². The number of rotatable bonds is 6. The van der Waals surface area contributed by atoms with Crippen molar-refractivity contribution in [2.45, 2.75) is 11.3 Å². The van der Waals surface area contributed by atoms with Gasteiger partial charge in [-0.15, -0.1) is 0 Å². The zero-order chi connectivity index (χ0) is 12.9. The standard InChI is InChI=1S/C10H15N3O3S/c1-12-8-4-2-3-5-9(8)17(15,16)13-7-6-10(11)14/h2-5,12-13H,6-7H2,1H3,(H2,11,14). The quantitative estimate of drug-likeness (QED) is 0.661. The van der Waals surface area contributed by atoms with E-state index in [2.05, 4.69) is 10.0 Å². The lowest BCUT2D eigenvalue weighted by Crippen LogP contribution is -2.28. The first-order valence-electron chi connectivity index (χ1n) is 5.02. The molecule has 0 unspecified atom stereocenters. The average molecular weight is 257 g/mol. The van der Waals surface area contributed by atoms with Crippen molar-refractivity contribution in [3.63, 3.8) is 0 Å². The third-order valence-corrected chi connectivity index (χ3v) is 3.63. The van der Waals surface area contributed by atoms with E-state index in [-0.39, 0.29) is 17.9 Å². The van der Waals surface area contributed by atoms with E-state index in [1.807, 2.05) is 0 Å². The second kappa shape index (κ2) is 5.65. The van der Waals surface area contributed by atoms with Crippen molar-refractivity contribution < 1.29 is 13.2 Å². The van der Waals surface area contributed by atoms with Crippen molar-refractivity contribution in [2.24, 2.45) is 5.73 Å². The Bertz CT molecular complexity index is 499. The topological polar surface area (TPSA) is 101 Å². The molecule has 0 aliphatic carbocycles. The van der Waals surface area contributed by atoms with Gasteiger partial charge < -0.3 is 11.1 Å². The molecule has 0 heterocycles. The summed E-state index contributed by atoms with van der Waals surface area (Å²) >= 11 is 0. The Balaban J connectivity index is 2.86. The molecule has 0 aromatic heterocycles. The van der Waals surface area contributed by atoms with Crippen LogP contribution in [0.2, 0.25) is 0 Å². The molecule has 0 spiro atoms. The fraction of sp³-hybridized carbons (Fsp3) is 0.300. The summed E-state index contributed by atoms with van der Waals surface area (Å²) in [6, 6.07) is 6.50. The summed E-state index contributed by atoms with van der Waals surface area (Å²) in [7, 11) is -1.98. The molecule has 1 aromatic rings. The maximum atomic E-state index is 11.9. The van der Waals surface area contributed by atoms with E-state index < -0.39 is 15.9 Å². The van der Waals surface area contributed by atoms with Crippen LogP contribution in [0.15, 0.2) is 29.2 Å². The Morgan fingerprint density at radius 1 is 1.35 bits per heavy atom. The zero-order valence-electron chi connectivity index (χ0n) is 9.43. The molecule has 0 aliphatic rings. The number of carbonyl (C=O) groups excluding carboxylic acids is 1. The van der Waals surface area contributed by atoms with Crippen molar-refractivity contribution >= 4 is 21.6 Å². The van der Waals surface area contributed by atoms with Gasteiger partial charge in [0.2, 0.25) is 15.9 Å². The summed E-state index contributed by atoms with van der Waals surface area (Å²) in [5, 5.41) is 2.79. The Kier molecular flexibility index (Phi) is 4.47. The Labute approximate surface area is 100 Å². The van der Waals surface area contributed by atoms with Gasteiger partial charge in [-0.1, -0.05) is 12.1 Å². The maximum absolute atomic E-state index is 11.9. The molecule has 6 nitrogen and oxygen atoms in total. The van der Waals surface area contributed by atoms with Gasteiger partial charge in [-0.2, -0.15) is 0 Å². The van der Waals surface area contributed by atoms with E-state index >= 15 is 0 Å². The van der Waals surface area contributed by atoms with Crippen LogP contribution in [-0.2, 0) is 14.8 Å². The number of nitrogens with one attached hydrogen (secondary N) is 2. The lowest BCUT2D eigenvalue weighted by molar-refractivity contribution is -0.117. The number of nitrogens with two attached hydrogens (primary N) is 1. The van der Waals surface area contributed by atoms with Gasteiger partial charge in [0, 0.05) is 20.0 Å². The minimum Gasteiger partial charge on any atom is -0.387 e. The SMILES string of the molecule is CNc1ccccc1S(=O)(=O)NCCC(N)=O. The van der Waals surface area contributed by atoms with E-state index in [0.717, 1.165) is 0 Å². The van der Waals surface area contributed by atoms with E-state index in [4.69, 9.17) is 5.73 Å². The van der Waals surface area contributed by atoms with Crippen LogP contribution in [0, 0.1) is 0 Å². The van der Waals surface area contributed by atoms with E-state index in [1.165, 1.54) is 6.07 Å². The molecule has 0 saturated carbocycles. The molecule has 17 heavy (non-hydrogen) atoms. The molecule has 0 radical (unpaired) electrons. The largest absolute Gasteiger partial charge is 0.387 e. The Morgan fingerprint density at radius 2 is 2.00 bits per heavy atom. The first kappa shape index (κ1) is 13.5. The number of hydrogen-bond donors (Lipinski definition) is 3. The zero-order valence-corrected chi connectivity index (χ0v) is 10.3. The minimum absolute atomic E-state index is 0.00425. The molecule has 94 valence electrons. The lowest BCUT2D eigenvalue weighted by atomic mass is 10.3. The van der Waals surface area contributed by atoms with Crippen LogP contribution in [-0.4, -0.2) is 27.9 Å². The van der Waals surface area contributed by atoms with Crippen molar-refractivity contribution in [2.75, 3.05) is 18.9 Å². The van der Waals surface area contributed by atoms with E-state index in [0.29, 0.717) is 5.69 Å². The van der Waals surface area contributed by atoms with Crippen molar-refractivity contribution in [3.05, 3.63) is 24.3 Å². The Hall–Kier alpha value is -1.60. The molecular formula is C10H15N3O3S. The van der Waals surface area contributed by atoms with E-state index in [9.17, 15) is 13.2 Å². The summed E-state index contributed by atoms with van der Waals surface area (Å²) in [4.78, 5) is 10.7. The molecule has 0 saturated heterocycles. The minimum atomic E-state index is -3.62. The summed E-state index contributed by atoms with van der Waals surface area (Å²) in [6.07, 6.45) is -0.0268. The van der Waals surface area contributed by atoms with Gasteiger partial charge in [-0.3, -0.25) is 4.79 Å². The van der Waals surface area contributed by atoms with Crippen LogP contribution < -0.4 is 15.8 Å². The predicted molar refractivity (Wildman–Crippen MR) is 65.0 cm³/mol. The number of amides is 1. The molecule has 7 heteroatoms. The third kappa shape index (κ3) is 3.72. The molecule has 1 amide bonds.